The molecule has 0 radical (unpaired) electrons. The van der Waals surface area contributed by atoms with Crippen molar-refractivity contribution in [1.82, 2.24) is 33.6 Å². The molecule has 1 aliphatic carbocycles. The Labute approximate surface area is 663 Å². The van der Waals surface area contributed by atoms with Crippen LogP contribution in [0.15, 0.2) is 140 Å². The Kier molecular flexibility index (Phi) is 33.8. The predicted molar refractivity (Wildman–Crippen MR) is 472 cm³/mol. The van der Waals surface area contributed by atoms with E-state index in [0.717, 1.165) is 79.5 Å². The van der Waals surface area contributed by atoms with E-state index < -0.39 is 8.32 Å². The van der Waals surface area contributed by atoms with Gasteiger partial charge in [-0.2, -0.15) is 0 Å². The van der Waals surface area contributed by atoms with E-state index in [1.807, 2.05) is 49.7 Å². The minimum absolute atomic E-state index is 0. The van der Waals surface area contributed by atoms with Gasteiger partial charge in [-0.05, 0) is 226 Å². The van der Waals surface area contributed by atoms with Crippen LogP contribution >= 0.6 is 11.3 Å². The van der Waals surface area contributed by atoms with E-state index in [-0.39, 0.29) is 62.4 Å². The van der Waals surface area contributed by atoms with Crippen LogP contribution in [0.4, 0.5) is 21.9 Å². The zero-order chi connectivity index (χ0) is 74.5. The molecule has 0 saturated heterocycles. The zero-order valence-electron chi connectivity index (χ0n) is 65.3. The van der Waals surface area contributed by atoms with Gasteiger partial charge in [0.25, 0.3) is 0 Å². The molecule has 109 heavy (non-hydrogen) atoms. The number of aromatic nitrogens is 6. The highest BCUT2D eigenvalue weighted by atomic mass is 32.1. The first kappa shape index (κ1) is 92.7. The minimum atomic E-state index is -1.80. The molecule has 16 heteroatoms. The summed E-state index contributed by atoms with van der Waals surface area (Å²) in [5, 5.41) is 4.99. The van der Waals surface area contributed by atoms with Crippen molar-refractivity contribution in [2.75, 3.05) is 48.9 Å². The number of thiophene rings is 1. The molecule has 8 heterocycles. The van der Waals surface area contributed by atoms with E-state index in [9.17, 15) is 14.4 Å². The van der Waals surface area contributed by atoms with Crippen molar-refractivity contribution in [2.45, 2.75) is 255 Å². The number of anilines is 3. The fraction of sp³-hybridized carbons (Fsp3) is 0.462. The van der Waals surface area contributed by atoms with Crippen LogP contribution in [0.25, 0.3) is 27.1 Å². The number of urea groups is 1. The fourth-order valence-electron chi connectivity index (χ4n) is 14.6. The molecule has 15 rings (SSSR count). The van der Waals surface area contributed by atoms with Gasteiger partial charge in [0.1, 0.15) is 0 Å². The Bertz CT molecular complexity index is 4660. The summed E-state index contributed by atoms with van der Waals surface area (Å²) < 4.78 is 14.0. The first-order chi connectivity index (χ1) is 49.0. The highest BCUT2D eigenvalue weighted by Gasteiger charge is 2.39. The van der Waals surface area contributed by atoms with Crippen molar-refractivity contribution >= 4 is 69.8 Å². The predicted octanol–water partition coefficient (Wildman–Crippen LogP) is 23.5. The third kappa shape index (κ3) is 20.9. The number of likely N-dealkylation sites (N-methyl/N-ethyl adjacent to an activating group) is 1. The summed E-state index contributed by atoms with van der Waals surface area (Å²) in [5.41, 5.74) is 27.0. The summed E-state index contributed by atoms with van der Waals surface area (Å²) in [6.07, 6.45) is 19.2. The van der Waals surface area contributed by atoms with Crippen LogP contribution in [0.2, 0.25) is 13.1 Å². The van der Waals surface area contributed by atoms with Gasteiger partial charge in [-0.1, -0.05) is 189 Å². The average Bonchev–Trinajstić information content (AvgIpc) is 1.53. The molecule has 0 fully saturated rings. The molecule has 10 aromatic rings. The number of fused-ring (bicyclic) bond motifs is 6. The Morgan fingerprint density at radius 2 is 0.991 bits per heavy atom. The van der Waals surface area contributed by atoms with Gasteiger partial charge < -0.3 is 32.8 Å². The molecule has 0 N–H and O–H groups in total. The first-order valence-electron chi connectivity index (χ1n) is 37.4. The van der Waals surface area contributed by atoms with Gasteiger partial charge in [0.05, 0.1) is 59.5 Å². The molecule has 6 aromatic carbocycles. The Balaban J connectivity index is 0.000000274. The molecular weight excluding hydrogens is 1380 g/mol. The van der Waals surface area contributed by atoms with Crippen LogP contribution in [-0.4, -0.2) is 93.9 Å². The van der Waals surface area contributed by atoms with Gasteiger partial charge in [-0.3, -0.25) is 14.5 Å². The normalized spacial score (nSPS) is 13.6. The van der Waals surface area contributed by atoms with E-state index in [0.29, 0.717) is 41.9 Å². The van der Waals surface area contributed by atoms with Crippen LogP contribution in [0.5, 0.6) is 0 Å². The monoisotopic (exact) mass is 1520 g/mol. The zero-order valence-corrected chi connectivity index (χ0v) is 67.1. The molecule has 5 aliphatic rings. The Morgan fingerprint density at radius 3 is 1.49 bits per heavy atom. The van der Waals surface area contributed by atoms with Gasteiger partial charge >= 0.3 is 6.03 Å². The molecule has 4 aromatic heterocycles. The lowest BCUT2D eigenvalue weighted by atomic mass is 9.80. The van der Waals surface area contributed by atoms with E-state index >= 15 is 0 Å². The summed E-state index contributed by atoms with van der Waals surface area (Å²) in [4.78, 5) is 55.2. The lowest BCUT2D eigenvalue weighted by molar-refractivity contribution is -0.117. The number of rotatable bonds is 10. The fourth-order valence-corrected chi connectivity index (χ4v) is 18.0. The molecule has 0 bridgehead atoms. The second-order valence-corrected chi connectivity index (χ2v) is 35.6. The Morgan fingerprint density at radius 1 is 0.523 bits per heavy atom. The first-order valence-corrected chi connectivity index (χ1v) is 41.2. The summed E-state index contributed by atoms with van der Waals surface area (Å²) in [6, 6.07) is 35.1. The molecular formula is C93H136N10O4SSi. The number of nitrogens with zero attached hydrogens (tertiary/aromatic N) is 10. The molecule has 0 unspecified atom stereocenters. The number of amides is 4. The highest BCUT2D eigenvalue weighted by Crippen LogP contribution is 2.39. The highest BCUT2D eigenvalue weighted by molar-refractivity contribution is 7.17. The molecule has 0 saturated carbocycles. The summed E-state index contributed by atoms with van der Waals surface area (Å²) in [7, 11) is 3.64. The molecule has 0 spiro atoms. The van der Waals surface area contributed by atoms with Crippen LogP contribution in [0.3, 0.4) is 0 Å². The lowest BCUT2D eigenvalue weighted by Crippen LogP contribution is -2.42. The molecule has 4 aliphatic heterocycles. The standard InChI is InChI=1S/C16H22N2OSi.C16H20N2.C15H22N2O.C15H16N2S.C13H17NO.C12H15NO.6CH4/c1-11(2)13-6-7-15(18-8-12(3)17-10-18)16-14(13)9-19-20(16,4)5;1-4-12-9-18(10-17-12)16-8-7-13(11(2)3)14-5-6-15(14)16;1-11(2)12-7-8-14-13(10-12)6-5-9-17(14)15(18)16(3)4;1-10(2)12-4-5-14(15-13(12)6-7-18-15)17-8-11(3)16-9-17;1-9(2)11-4-5-13-12(8-11)6-7-14(13)10(3)15;1-8(2)9-4-5-11-10(6-9)7-12(14)13(11)3;;;;;;/h6-8,10-11H,9H2,1-5H3;7-11H,4-6H2,1-3H3;7-8,10-11H,5-6,9H2,1-4H3;4-10H,1-3H3;4-5,8-9H,6-7H2,1-3H3;4-6,8H,7H2,1-3H3;6*1H4. The van der Waals surface area contributed by atoms with Crippen molar-refractivity contribution in [2.24, 2.45) is 0 Å². The van der Waals surface area contributed by atoms with Crippen LogP contribution in [0, 0.1) is 13.8 Å². The number of hydrogen-bond donors (Lipinski definition) is 0. The summed E-state index contributed by atoms with van der Waals surface area (Å²) >= 11 is 1.80. The van der Waals surface area contributed by atoms with Crippen molar-refractivity contribution in [1.29, 1.82) is 0 Å². The maximum atomic E-state index is 12.1. The SMILES string of the molecule is C.C.C.C.C.C.CC(=O)N1CCc2cc(C(C)C)ccc21.CC(C)c1ccc2c(c1)CC(=O)N2C.CC(C)c1ccc2c(c1)CCCN2C(=O)N(C)C.CCc1cn(-c2ccc(C(C)C)c3c2CC3)cn1.Cc1cn(-c2ccc(C(C)C)c3c2[Si](C)(C)OC3)cn1.Cc1cn(-c2ccc(C(C)C)c3ccsc23)cn1. The number of carbonyl (C=O) groups is 3. The maximum absolute atomic E-state index is 12.1. The summed E-state index contributed by atoms with van der Waals surface area (Å²) in [5.74, 6) is 3.68. The lowest BCUT2D eigenvalue weighted by Gasteiger charge is -2.32. The van der Waals surface area contributed by atoms with Gasteiger partial charge in [0.15, 0.2) is 0 Å². The quantitative estimate of drug-likeness (QED) is 0.125. The smallest absolute Gasteiger partial charge is 0.323 e. The van der Waals surface area contributed by atoms with E-state index in [1.165, 1.54) is 106 Å². The molecule has 4 amide bonds. The van der Waals surface area contributed by atoms with Gasteiger partial charge in [0.2, 0.25) is 20.1 Å². The van der Waals surface area contributed by atoms with Gasteiger partial charge in [-0.15, -0.1) is 11.3 Å². The van der Waals surface area contributed by atoms with Crippen molar-refractivity contribution in [3.8, 4) is 17.1 Å². The Hall–Kier alpha value is -8.70. The molecule has 0 atom stereocenters. The van der Waals surface area contributed by atoms with Gasteiger partial charge in [-0.25, -0.2) is 19.7 Å². The van der Waals surface area contributed by atoms with E-state index in [2.05, 4.69) is 253 Å². The maximum Gasteiger partial charge on any atom is 0.323 e. The number of carbonyl (C=O) groups excluding carboxylic acids is 3. The number of imidazole rings is 3. The topological polar surface area (TPSA) is 127 Å². The largest absolute Gasteiger partial charge is 0.409 e. The van der Waals surface area contributed by atoms with Crippen molar-refractivity contribution in [3.05, 3.63) is 224 Å². The van der Waals surface area contributed by atoms with E-state index in [4.69, 9.17) is 4.43 Å². The van der Waals surface area contributed by atoms with Crippen LogP contribution in [-0.2, 0) is 59.1 Å². The third-order valence-electron chi connectivity index (χ3n) is 20.7. The van der Waals surface area contributed by atoms with Crippen molar-refractivity contribution < 1.29 is 18.8 Å². The van der Waals surface area contributed by atoms with Crippen molar-refractivity contribution in [3.63, 3.8) is 0 Å². The third-order valence-corrected chi connectivity index (χ3v) is 24.3. The number of hydrogen-bond acceptors (Lipinski definition) is 8. The molecule has 592 valence electrons. The molecule has 14 nitrogen and oxygen atoms in total. The van der Waals surface area contributed by atoms with Gasteiger partial charge in [0, 0.05) is 88.2 Å². The minimum Gasteiger partial charge on any atom is -0.409 e. The number of aryl methyl sites for hydroxylation is 4. The average molecular weight is 1520 g/mol. The summed E-state index contributed by atoms with van der Waals surface area (Å²) in [6.45, 7) is 41.5. The second kappa shape index (κ2) is 39.8. The van der Waals surface area contributed by atoms with Crippen LogP contribution < -0.4 is 19.9 Å². The van der Waals surface area contributed by atoms with E-state index in [1.54, 1.807) is 47.7 Å². The number of benzene rings is 6. The van der Waals surface area contributed by atoms with Crippen LogP contribution in [0.1, 0.15) is 267 Å². The second-order valence-electron chi connectivity index (χ2n) is 30.8.